The molecule has 96 valence electrons. The topological polar surface area (TPSA) is 39.4 Å². The highest BCUT2D eigenvalue weighted by Crippen LogP contribution is 2.16. The Morgan fingerprint density at radius 3 is 2.95 bits per heavy atom. The van der Waals surface area contributed by atoms with E-state index in [2.05, 4.69) is 10.1 Å². The van der Waals surface area contributed by atoms with Crippen LogP contribution in [0.25, 0.3) is 5.65 Å². The molecule has 0 saturated heterocycles. The van der Waals surface area contributed by atoms with Crippen LogP contribution < -0.4 is 4.74 Å². The number of ether oxygens (including phenoxy) is 1. The van der Waals surface area contributed by atoms with Gasteiger partial charge in [0.1, 0.15) is 12.4 Å². The molecular formula is C14H12ClN3O. The minimum absolute atomic E-state index is 0.321. The van der Waals surface area contributed by atoms with Gasteiger partial charge in [-0.1, -0.05) is 23.7 Å². The number of aryl methyl sites for hydroxylation is 1. The Morgan fingerprint density at radius 1 is 1.26 bits per heavy atom. The van der Waals surface area contributed by atoms with Crippen molar-refractivity contribution < 1.29 is 4.74 Å². The van der Waals surface area contributed by atoms with E-state index >= 15 is 0 Å². The molecule has 4 nitrogen and oxygen atoms in total. The van der Waals surface area contributed by atoms with Gasteiger partial charge in [-0.2, -0.15) is 0 Å². The van der Waals surface area contributed by atoms with E-state index in [9.17, 15) is 0 Å². The molecule has 0 aliphatic carbocycles. The minimum atomic E-state index is 0.321. The van der Waals surface area contributed by atoms with E-state index < -0.39 is 0 Å². The molecule has 0 aliphatic rings. The van der Waals surface area contributed by atoms with Crippen molar-refractivity contribution in [3.63, 3.8) is 0 Å². The molecule has 0 unspecified atom stereocenters. The second kappa shape index (κ2) is 4.90. The summed E-state index contributed by atoms with van der Waals surface area (Å²) in [7, 11) is 0. The van der Waals surface area contributed by atoms with Crippen molar-refractivity contribution in [1.82, 2.24) is 14.6 Å². The molecule has 2 aromatic heterocycles. The summed E-state index contributed by atoms with van der Waals surface area (Å²) in [6, 6.07) is 11.5. The predicted octanol–water partition coefficient (Wildman–Crippen LogP) is 3.27. The van der Waals surface area contributed by atoms with Crippen LogP contribution in [0.1, 0.15) is 11.4 Å². The zero-order chi connectivity index (χ0) is 13.2. The second-order valence-electron chi connectivity index (χ2n) is 4.26. The highest BCUT2D eigenvalue weighted by atomic mass is 35.5. The summed E-state index contributed by atoms with van der Waals surface area (Å²) in [5.74, 6) is 1.42. The first kappa shape index (κ1) is 12.0. The van der Waals surface area contributed by atoms with E-state index in [1.165, 1.54) is 0 Å². The first-order valence-corrected chi connectivity index (χ1v) is 6.29. The fourth-order valence-corrected chi connectivity index (χ4v) is 2.03. The second-order valence-corrected chi connectivity index (χ2v) is 4.66. The van der Waals surface area contributed by atoms with Gasteiger partial charge in [-0.05, 0) is 36.8 Å². The van der Waals surface area contributed by atoms with Gasteiger partial charge in [-0.25, -0.2) is 9.50 Å². The molecule has 2 heterocycles. The van der Waals surface area contributed by atoms with E-state index in [4.69, 9.17) is 16.3 Å². The summed E-state index contributed by atoms with van der Waals surface area (Å²) in [6.45, 7) is 2.34. The molecule has 0 aliphatic heterocycles. The van der Waals surface area contributed by atoms with Gasteiger partial charge >= 0.3 is 0 Å². The maximum Gasteiger partial charge on any atom is 0.189 e. The molecule has 0 amide bonds. The van der Waals surface area contributed by atoms with E-state index in [-0.39, 0.29) is 0 Å². The molecule has 0 fully saturated rings. The van der Waals surface area contributed by atoms with Crippen molar-refractivity contribution in [2.24, 2.45) is 0 Å². The molecule has 5 heteroatoms. The maximum absolute atomic E-state index is 6.04. The average molecular weight is 274 g/mol. The van der Waals surface area contributed by atoms with Gasteiger partial charge in [0.25, 0.3) is 0 Å². The smallest absolute Gasteiger partial charge is 0.189 e. The summed E-state index contributed by atoms with van der Waals surface area (Å²) in [5, 5.41) is 4.89. The van der Waals surface area contributed by atoms with Crippen LogP contribution in [0.5, 0.6) is 5.75 Å². The Hall–Kier alpha value is -2.07. The number of nitrogens with zero attached hydrogens (tertiary/aromatic N) is 3. The Kier molecular flexibility index (Phi) is 3.09. The average Bonchev–Trinajstić information content (AvgIpc) is 2.81. The molecule has 1 aromatic carbocycles. The van der Waals surface area contributed by atoms with Crippen LogP contribution in [-0.2, 0) is 6.61 Å². The number of halogens is 1. The van der Waals surface area contributed by atoms with E-state index in [0.717, 1.165) is 11.3 Å². The molecule has 0 saturated carbocycles. The van der Waals surface area contributed by atoms with Gasteiger partial charge in [-0.15, -0.1) is 5.10 Å². The monoisotopic (exact) mass is 273 g/mol. The quantitative estimate of drug-likeness (QED) is 0.735. The molecule has 19 heavy (non-hydrogen) atoms. The number of aromatic nitrogens is 3. The van der Waals surface area contributed by atoms with Crippen molar-refractivity contribution in [2.45, 2.75) is 13.5 Å². The van der Waals surface area contributed by atoms with E-state index in [1.54, 1.807) is 10.6 Å². The summed E-state index contributed by atoms with van der Waals surface area (Å²) < 4.78 is 7.31. The highest BCUT2D eigenvalue weighted by Gasteiger charge is 2.07. The number of hydrogen-bond donors (Lipinski definition) is 0. The first-order chi connectivity index (χ1) is 9.22. The van der Waals surface area contributed by atoms with E-state index in [0.29, 0.717) is 23.1 Å². The summed E-state index contributed by atoms with van der Waals surface area (Å²) >= 11 is 6.04. The zero-order valence-electron chi connectivity index (χ0n) is 10.4. The molecule has 0 N–H and O–H groups in total. The molecule has 0 bridgehead atoms. The number of pyridine rings is 1. The van der Waals surface area contributed by atoms with Crippen molar-refractivity contribution in [1.29, 1.82) is 0 Å². The van der Waals surface area contributed by atoms with Crippen LogP contribution in [0, 0.1) is 6.92 Å². The molecule has 0 atom stereocenters. The minimum Gasteiger partial charge on any atom is -0.486 e. The number of rotatable bonds is 3. The Labute approximate surface area is 115 Å². The van der Waals surface area contributed by atoms with Crippen molar-refractivity contribution in [3.05, 3.63) is 59.0 Å². The van der Waals surface area contributed by atoms with Gasteiger partial charge in [0.05, 0.1) is 5.02 Å². The van der Waals surface area contributed by atoms with E-state index in [1.807, 2.05) is 43.5 Å². The van der Waals surface area contributed by atoms with Crippen LogP contribution in [0.2, 0.25) is 5.02 Å². The third-order valence-corrected chi connectivity index (χ3v) is 3.01. The highest BCUT2D eigenvalue weighted by molar-refractivity contribution is 6.33. The van der Waals surface area contributed by atoms with Crippen LogP contribution in [0.3, 0.4) is 0 Å². The van der Waals surface area contributed by atoms with Crippen LogP contribution in [0.15, 0.2) is 42.6 Å². The molecule has 3 rings (SSSR count). The normalized spacial score (nSPS) is 10.8. The van der Waals surface area contributed by atoms with Gasteiger partial charge in [-0.3, -0.25) is 0 Å². The van der Waals surface area contributed by atoms with Gasteiger partial charge in [0.15, 0.2) is 11.5 Å². The summed E-state index contributed by atoms with van der Waals surface area (Å²) in [5.41, 5.74) is 1.80. The Bertz CT molecular complexity index is 724. The lowest BCUT2D eigenvalue weighted by Gasteiger charge is -2.03. The summed E-state index contributed by atoms with van der Waals surface area (Å²) in [6.07, 6.45) is 1.81. The summed E-state index contributed by atoms with van der Waals surface area (Å²) in [4.78, 5) is 4.34. The van der Waals surface area contributed by atoms with Crippen LogP contribution in [0.4, 0.5) is 0 Å². The molecule has 3 aromatic rings. The predicted molar refractivity (Wildman–Crippen MR) is 73.5 cm³/mol. The molecular weight excluding hydrogens is 262 g/mol. The standard InChI is InChI=1S/C14H12ClN3O/c1-10-4-2-5-11(8-10)19-9-13-16-14-12(15)6-3-7-18(14)17-13/h2-8H,9H2,1H3. The Morgan fingerprint density at radius 2 is 2.16 bits per heavy atom. The van der Waals surface area contributed by atoms with Gasteiger partial charge in [0.2, 0.25) is 0 Å². The Balaban J connectivity index is 1.80. The van der Waals surface area contributed by atoms with Crippen LogP contribution >= 0.6 is 11.6 Å². The van der Waals surface area contributed by atoms with Gasteiger partial charge in [0, 0.05) is 6.20 Å². The number of benzene rings is 1. The molecule has 0 spiro atoms. The van der Waals surface area contributed by atoms with Crippen molar-refractivity contribution >= 4 is 17.2 Å². The lowest BCUT2D eigenvalue weighted by atomic mass is 10.2. The first-order valence-electron chi connectivity index (χ1n) is 5.91. The molecule has 0 radical (unpaired) electrons. The third kappa shape index (κ3) is 2.53. The zero-order valence-corrected chi connectivity index (χ0v) is 11.1. The maximum atomic E-state index is 6.04. The lowest BCUT2D eigenvalue weighted by Crippen LogP contribution is -1.98. The third-order valence-electron chi connectivity index (χ3n) is 2.72. The van der Waals surface area contributed by atoms with Crippen molar-refractivity contribution in [2.75, 3.05) is 0 Å². The van der Waals surface area contributed by atoms with Gasteiger partial charge < -0.3 is 4.74 Å². The van der Waals surface area contributed by atoms with Crippen molar-refractivity contribution in [3.8, 4) is 5.75 Å². The number of fused-ring (bicyclic) bond motifs is 1. The fraction of sp³-hybridized carbons (Fsp3) is 0.143. The lowest BCUT2D eigenvalue weighted by molar-refractivity contribution is 0.296. The van der Waals surface area contributed by atoms with Crippen LogP contribution in [-0.4, -0.2) is 14.6 Å². The SMILES string of the molecule is Cc1cccc(OCc2nc3c(Cl)cccn3n2)c1. The number of hydrogen-bond acceptors (Lipinski definition) is 3. The fourth-order valence-electron chi connectivity index (χ4n) is 1.83. The largest absolute Gasteiger partial charge is 0.486 e.